The van der Waals surface area contributed by atoms with Crippen molar-refractivity contribution in [3.63, 3.8) is 0 Å². The Morgan fingerprint density at radius 1 is 1.48 bits per heavy atom. The SMILES string of the molecule is C[C@@H]1CNCCN1C(=O)CCNc1ncc(C(F)(F)F)cc1Cl.Cl.Cl. The highest BCUT2D eigenvalue weighted by molar-refractivity contribution is 6.32. The molecule has 1 atom stereocenters. The Hall–Kier alpha value is -0.960. The van der Waals surface area contributed by atoms with Crippen molar-refractivity contribution in [1.82, 2.24) is 15.2 Å². The zero-order chi connectivity index (χ0) is 17.0. The van der Waals surface area contributed by atoms with E-state index in [0.29, 0.717) is 12.7 Å². The minimum absolute atomic E-state index is 0. The number of piperazine rings is 1. The van der Waals surface area contributed by atoms with Gasteiger partial charge in [0.15, 0.2) is 0 Å². The Morgan fingerprint density at radius 3 is 2.72 bits per heavy atom. The molecular formula is C14H20Cl3F3N4O. The van der Waals surface area contributed by atoms with Gasteiger partial charge >= 0.3 is 6.18 Å². The van der Waals surface area contributed by atoms with Gasteiger partial charge in [0.1, 0.15) is 5.82 Å². The number of hydrogen-bond acceptors (Lipinski definition) is 4. The summed E-state index contributed by atoms with van der Waals surface area (Å²) < 4.78 is 37.6. The van der Waals surface area contributed by atoms with Gasteiger partial charge in [-0.05, 0) is 13.0 Å². The van der Waals surface area contributed by atoms with Crippen LogP contribution < -0.4 is 10.6 Å². The lowest BCUT2D eigenvalue weighted by atomic mass is 10.2. The summed E-state index contributed by atoms with van der Waals surface area (Å²) in [7, 11) is 0. The molecule has 1 aliphatic heterocycles. The highest BCUT2D eigenvalue weighted by Crippen LogP contribution is 2.32. The predicted octanol–water partition coefficient (Wildman–Crippen LogP) is 3.22. The van der Waals surface area contributed by atoms with Gasteiger partial charge in [0, 0.05) is 44.8 Å². The van der Waals surface area contributed by atoms with E-state index in [1.807, 2.05) is 6.92 Å². The van der Waals surface area contributed by atoms with Crippen LogP contribution in [0.1, 0.15) is 18.9 Å². The highest BCUT2D eigenvalue weighted by Gasteiger charge is 2.31. The summed E-state index contributed by atoms with van der Waals surface area (Å²) in [5.74, 6) is 0.135. The normalized spacial score (nSPS) is 17.3. The number of amides is 1. The number of pyridine rings is 1. The molecule has 1 aliphatic rings. The van der Waals surface area contributed by atoms with Crippen LogP contribution in [0.2, 0.25) is 5.02 Å². The third-order valence-corrected chi connectivity index (χ3v) is 3.91. The smallest absolute Gasteiger partial charge is 0.368 e. The van der Waals surface area contributed by atoms with Gasteiger partial charge in [-0.1, -0.05) is 11.6 Å². The van der Waals surface area contributed by atoms with E-state index in [4.69, 9.17) is 11.6 Å². The summed E-state index contributed by atoms with van der Waals surface area (Å²) in [5, 5.41) is 5.88. The lowest BCUT2D eigenvalue weighted by Crippen LogP contribution is -2.52. The van der Waals surface area contributed by atoms with Crippen molar-refractivity contribution in [2.75, 3.05) is 31.5 Å². The van der Waals surface area contributed by atoms with E-state index in [0.717, 1.165) is 19.2 Å². The molecule has 1 aromatic rings. The highest BCUT2D eigenvalue weighted by atomic mass is 35.5. The van der Waals surface area contributed by atoms with Crippen LogP contribution in [0.25, 0.3) is 0 Å². The van der Waals surface area contributed by atoms with E-state index in [9.17, 15) is 18.0 Å². The van der Waals surface area contributed by atoms with Crippen LogP contribution in [0.5, 0.6) is 0 Å². The van der Waals surface area contributed by atoms with Crippen LogP contribution in [0.15, 0.2) is 12.3 Å². The second-order valence-electron chi connectivity index (χ2n) is 5.37. The van der Waals surface area contributed by atoms with E-state index >= 15 is 0 Å². The van der Waals surface area contributed by atoms with Crippen LogP contribution in [0.4, 0.5) is 19.0 Å². The van der Waals surface area contributed by atoms with Crippen molar-refractivity contribution < 1.29 is 18.0 Å². The first-order valence-electron chi connectivity index (χ1n) is 7.26. The molecule has 5 nitrogen and oxygen atoms in total. The molecule has 0 aromatic carbocycles. The quantitative estimate of drug-likeness (QED) is 0.781. The van der Waals surface area contributed by atoms with Gasteiger partial charge < -0.3 is 15.5 Å². The first-order chi connectivity index (χ1) is 10.8. The minimum Gasteiger partial charge on any atom is -0.368 e. The number of nitrogens with one attached hydrogen (secondary N) is 2. The van der Waals surface area contributed by atoms with Crippen LogP contribution in [-0.2, 0) is 11.0 Å². The molecule has 144 valence electrons. The molecule has 1 amide bonds. The number of halogens is 6. The van der Waals surface area contributed by atoms with E-state index in [2.05, 4.69) is 15.6 Å². The molecule has 0 bridgehead atoms. The van der Waals surface area contributed by atoms with E-state index < -0.39 is 11.7 Å². The number of carbonyl (C=O) groups excluding carboxylic acids is 1. The van der Waals surface area contributed by atoms with Gasteiger partial charge in [0.2, 0.25) is 5.91 Å². The fraction of sp³-hybridized carbons (Fsp3) is 0.571. The Bertz CT molecular complexity index is 575. The number of rotatable bonds is 4. The zero-order valence-electron chi connectivity index (χ0n) is 13.4. The Morgan fingerprint density at radius 2 is 2.16 bits per heavy atom. The van der Waals surface area contributed by atoms with Crippen LogP contribution in [-0.4, -0.2) is 48.0 Å². The van der Waals surface area contributed by atoms with Crippen LogP contribution in [0.3, 0.4) is 0 Å². The second-order valence-corrected chi connectivity index (χ2v) is 5.78. The number of carbonyl (C=O) groups is 1. The van der Waals surface area contributed by atoms with Gasteiger partial charge in [-0.25, -0.2) is 4.98 Å². The topological polar surface area (TPSA) is 57.3 Å². The van der Waals surface area contributed by atoms with Gasteiger partial charge in [-0.3, -0.25) is 4.79 Å². The van der Waals surface area contributed by atoms with Crippen molar-refractivity contribution in [1.29, 1.82) is 0 Å². The molecule has 1 saturated heterocycles. The molecule has 0 saturated carbocycles. The van der Waals surface area contributed by atoms with Crippen molar-refractivity contribution in [3.8, 4) is 0 Å². The average Bonchev–Trinajstić information content (AvgIpc) is 2.48. The van der Waals surface area contributed by atoms with E-state index in [-0.39, 0.29) is 60.6 Å². The maximum atomic E-state index is 12.5. The molecule has 0 aliphatic carbocycles. The standard InChI is InChI=1S/C14H18ClF3N4O.2ClH/c1-9-7-19-4-5-22(9)12(23)2-3-20-13-11(15)6-10(8-21-13)14(16,17)18;;/h6,8-9,19H,2-5,7H2,1H3,(H,20,21);2*1H/t9-;;/m1../s1. The fourth-order valence-corrected chi connectivity index (χ4v) is 2.60. The molecule has 0 radical (unpaired) electrons. The number of nitrogens with zero attached hydrogens (tertiary/aromatic N) is 2. The van der Waals surface area contributed by atoms with Gasteiger partial charge in [-0.2, -0.15) is 13.2 Å². The first-order valence-corrected chi connectivity index (χ1v) is 7.63. The van der Waals surface area contributed by atoms with E-state index in [1.54, 1.807) is 4.90 Å². The summed E-state index contributed by atoms with van der Waals surface area (Å²) in [5.41, 5.74) is -0.904. The van der Waals surface area contributed by atoms with Crippen molar-refractivity contribution in [3.05, 3.63) is 22.8 Å². The molecule has 0 spiro atoms. The molecule has 25 heavy (non-hydrogen) atoms. The Labute approximate surface area is 161 Å². The number of alkyl halides is 3. The lowest BCUT2D eigenvalue weighted by molar-refractivity contribution is -0.137. The maximum Gasteiger partial charge on any atom is 0.417 e. The molecule has 0 unspecified atom stereocenters. The molecule has 1 aromatic heterocycles. The maximum absolute atomic E-state index is 12.5. The molecule has 2 heterocycles. The molecule has 2 N–H and O–H groups in total. The Kier molecular flexibility index (Phi) is 9.86. The molecule has 1 fully saturated rings. The van der Waals surface area contributed by atoms with Gasteiger partial charge in [-0.15, -0.1) is 24.8 Å². The summed E-state index contributed by atoms with van der Waals surface area (Å²) in [6, 6.07) is 0.945. The molecular weight excluding hydrogens is 404 g/mol. The zero-order valence-corrected chi connectivity index (χ0v) is 15.8. The molecule has 11 heteroatoms. The van der Waals surface area contributed by atoms with Gasteiger partial charge in [0.05, 0.1) is 10.6 Å². The number of aromatic nitrogens is 1. The lowest BCUT2D eigenvalue weighted by Gasteiger charge is -2.34. The fourth-order valence-electron chi connectivity index (χ4n) is 2.37. The van der Waals surface area contributed by atoms with Gasteiger partial charge in [0.25, 0.3) is 0 Å². The summed E-state index contributed by atoms with van der Waals surface area (Å²) in [4.78, 5) is 17.6. The number of hydrogen-bond donors (Lipinski definition) is 2. The summed E-state index contributed by atoms with van der Waals surface area (Å²) in [6.07, 6.45) is -3.54. The average molecular weight is 424 g/mol. The summed E-state index contributed by atoms with van der Waals surface area (Å²) in [6.45, 7) is 4.39. The molecule has 2 rings (SSSR count). The van der Waals surface area contributed by atoms with Crippen molar-refractivity contribution >= 4 is 48.1 Å². The first kappa shape index (κ1) is 24.0. The number of anilines is 1. The monoisotopic (exact) mass is 422 g/mol. The third kappa shape index (κ3) is 6.69. The van der Waals surface area contributed by atoms with Crippen molar-refractivity contribution in [2.45, 2.75) is 25.6 Å². The van der Waals surface area contributed by atoms with Crippen LogP contribution >= 0.6 is 36.4 Å². The van der Waals surface area contributed by atoms with Crippen LogP contribution in [0, 0.1) is 0 Å². The Balaban J connectivity index is 0.00000288. The third-order valence-electron chi connectivity index (χ3n) is 3.62. The summed E-state index contributed by atoms with van der Waals surface area (Å²) >= 11 is 5.79. The largest absolute Gasteiger partial charge is 0.417 e. The minimum atomic E-state index is -4.48. The second kappa shape index (κ2) is 10.3. The van der Waals surface area contributed by atoms with E-state index in [1.165, 1.54) is 0 Å². The predicted molar refractivity (Wildman–Crippen MR) is 95.9 cm³/mol. The van der Waals surface area contributed by atoms with Crippen molar-refractivity contribution in [2.24, 2.45) is 0 Å².